The van der Waals surface area contributed by atoms with Crippen LogP contribution in [0.5, 0.6) is 11.5 Å². The van der Waals surface area contributed by atoms with E-state index in [-0.39, 0.29) is 58.4 Å². The van der Waals surface area contributed by atoms with Gasteiger partial charge < -0.3 is 53.6 Å². The summed E-state index contributed by atoms with van der Waals surface area (Å²) >= 11 is 0. The van der Waals surface area contributed by atoms with Gasteiger partial charge in [0.1, 0.15) is 29.6 Å². The van der Waals surface area contributed by atoms with Crippen molar-refractivity contribution in [2.24, 2.45) is 0 Å². The monoisotopic (exact) mass is 768 g/mol. The molecule has 55 heavy (non-hydrogen) atoms. The van der Waals surface area contributed by atoms with E-state index in [1.54, 1.807) is 27.7 Å². The SMILES string of the molecule is CC[C@@]1(O)CC(OC2CCC(OC3CC(O)C(OC4CCC(=O)C(C)O4)C(C)O3)C(C)O2)c2c(cc3c(c2O)C(=O)c2c(O)cccc2C3=O)[C@H]1C(=O)OC. The molecule has 7 rings (SSSR count). The Kier molecular flexibility index (Phi) is 11.0. The van der Waals surface area contributed by atoms with Crippen LogP contribution in [0.1, 0.15) is 128 Å². The predicted octanol–water partition coefficient (Wildman–Crippen LogP) is 3.62. The summed E-state index contributed by atoms with van der Waals surface area (Å²) in [4.78, 5) is 52.7. The third kappa shape index (κ3) is 7.10. The van der Waals surface area contributed by atoms with Crippen molar-refractivity contribution in [3.63, 3.8) is 0 Å². The van der Waals surface area contributed by atoms with Crippen LogP contribution < -0.4 is 0 Å². The minimum Gasteiger partial charge on any atom is -0.507 e. The summed E-state index contributed by atoms with van der Waals surface area (Å²) in [6.45, 7) is 6.93. The fraction of sp³-hybridized carbons (Fsp3) is 0.600. The van der Waals surface area contributed by atoms with Crippen LogP contribution in [0.2, 0.25) is 0 Å². The molecule has 5 aliphatic rings. The number of carbonyl (C=O) groups excluding carboxylic acids is 4. The van der Waals surface area contributed by atoms with Gasteiger partial charge in [0, 0.05) is 48.8 Å². The smallest absolute Gasteiger partial charge is 0.316 e. The predicted molar refractivity (Wildman–Crippen MR) is 188 cm³/mol. The Balaban J connectivity index is 1.08. The zero-order valence-electron chi connectivity index (χ0n) is 31.4. The second kappa shape index (κ2) is 15.3. The molecule has 3 aliphatic heterocycles. The molecule has 4 N–H and O–H groups in total. The third-order valence-corrected chi connectivity index (χ3v) is 11.7. The Labute approximate surface area is 317 Å². The van der Waals surface area contributed by atoms with Gasteiger partial charge in [0.25, 0.3) is 0 Å². The van der Waals surface area contributed by atoms with Gasteiger partial charge in [0.2, 0.25) is 5.78 Å². The number of aromatic hydroxyl groups is 2. The Morgan fingerprint density at radius 2 is 1.62 bits per heavy atom. The van der Waals surface area contributed by atoms with Crippen molar-refractivity contribution in [3.05, 3.63) is 57.6 Å². The van der Waals surface area contributed by atoms with Crippen molar-refractivity contribution < 1.29 is 72.8 Å². The van der Waals surface area contributed by atoms with Crippen LogP contribution in [0.4, 0.5) is 0 Å². The lowest BCUT2D eigenvalue weighted by Crippen LogP contribution is -2.53. The molecule has 15 heteroatoms. The lowest BCUT2D eigenvalue weighted by atomic mass is 9.67. The van der Waals surface area contributed by atoms with Gasteiger partial charge in [-0.15, -0.1) is 0 Å². The molecule has 3 saturated heterocycles. The van der Waals surface area contributed by atoms with Crippen molar-refractivity contribution >= 4 is 23.3 Å². The molecule has 0 radical (unpaired) electrons. The molecule has 10 unspecified atom stereocenters. The van der Waals surface area contributed by atoms with Crippen LogP contribution >= 0.6 is 0 Å². The summed E-state index contributed by atoms with van der Waals surface area (Å²) in [5, 5.41) is 45.4. The number of esters is 1. The minimum atomic E-state index is -1.73. The molecule has 2 aromatic carbocycles. The number of ether oxygens (including phenoxy) is 7. The van der Waals surface area contributed by atoms with Gasteiger partial charge in [-0.2, -0.15) is 0 Å². The summed E-state index contributed by atoms with van der Waals surface area (Å²) in [6.07, 6.45) is -5.57. The summed E-state index contributed by atoms with van der Waals surface area (Å²) in [5.74, 6) is -4.54. The first kappa shape index (κ1) is 39.4. The van der Waals surface area contributed by atoms with E-state index in [0.29, 0.717) is 25.7 Å². The molecule has 298 valence electrons. The average Bonchev–Trinajstić information content (AvgIpc) is 3.14. The number of phenolic OH excluding ortho intramolecular Hbond substituents is 2. The summed E-state index contributed by atoms with van der Waals surface area (Å²) in [6, 6.07) is 5.43. The number of benzene rings is 2. The van der Waals surface area contributed by atoms with Crippen molar-refractivity contribution in [2.75, 3.05) is 7.11 Å². The topological polar surface area (TPSA) is 214 Å². The molecule has 0 amide bonds. The maximum Gasteiger partial charge on any atom is 0.316 e. The van der Waals surface area contributed by atoms with Crippen molar-refractivity contribution in [1.82, 2.24) is 0 Å². The maximum absolute atomic E-state index is 13.8. The number of aliphatic hydroxyl groups is 2. The molecule has 3 heterocycles. The zero-order chi connectivity index (χ0) is 39.5. The van der Waals surface area contributed by atoms with E-state index < -0.39 is 102 Å². The highest BCUT2D eigenvalue weighted by Crippen LogP contribution is 2.54. The zero-order valence-corrected chi connectivity index (χ0v) is 31.4. The first-order valence-corrected chi connectivity index (χ1v) is 18.9. The number of hydrogen-bond acceptors (Lipinski definition) is 15. The lowest BCUT2D eigenvalue weighted by molar-refractivity contribution is -0.317. The van der Waals surface area contributed by atoms with Crippen molar-refractivity contribution in [2.45, 2.75) is 146 Å². The molecule has 2 aromatic rings. The molecule has 2 aliphatic carbocycles. The van der Waals surface area contributed by atoms with E-state index in [4.69, 9.17) is 33.2 Å². The number of hydrogen-bond donors (Lipinski definition) is 4. The fourth-order valence-electron chi connectivity index (χ4n) is 8.69. The van der Waals surface area contributed by atoms with Crippen LogP contribution in [-0.2, 0) is 42.7 Å². The first-order valence-electron chi connectivity index (χ1n) is 18.9. The Hall–Kier alpha value is -3.80. The van der Waals surface area contributed by atoms with Gasteiger partial charge in [-0.1, -0.05) is 19.1 Å². The van der Waals surface area contributed by atoms with Gasteiger partial charge in [0.05, 0.1) is 54.4 Å². The van der Waals surface area contributed by atoms with Gasteiger partial charge in [-0.25, -0.2) is 0 Å². The summed E-state index contributed by atoms with van der Waals surface area (Å²) in [5.41, 5.74) is -2.42. The van der Waals surface area contributed by atoms with Crippen molar-refractivity contribution in [1.29, 1.82) is 0 Å². The first-order chi connectivity index (χ1) is 26.1. The van der Waals surface area contributed by atoms with E-state index in [1.165, 1.54) is 31.4 Å². The molecule has 0 saturated carbocycles. The number of phenols is 2. The largest absolute Gasteiger partial charge is 0.507 e. The number of carbonyl (C=O) groups is 4. The van der Waals surface area contributed by atoms with E-state index in [9.17, 15) is 39.6 Å². The van der Waals surface area contributed by atoms with Crippen LogP contribution in [0, 0.1) is 0 Å². The highest BCUT2D eigenvalue weighted by molar-refractivity contribution is 6.30. The van der Waals surface area contributed by atoms with Gasteiger partial charge in [-0.3, -0.25) is 19.2 Å². The molecular weight excluding hydrogens is 720 g/mol. The molecule has 0 spiro atoms. The number of rotatable bonds is 8. The van der Waals surface area contributed by atoms with Crippen LogP contribution in [0.3, 0.4) is 0 Å². The Morgan fingerprint density at radius 1 is 0.891 bits per heavy atom. The number of methoxy groups -OCH3 is 1. The Bertz CT molecular complexity index is 1850. The molecule has 0 aromatic heterocycles. The average molecular weight is 769 g/mol. The van der Waals surface area contributed by atoms with Gasteiger partial charge in [0.15, 0.2) is 30.4 Å². The number of fused-ring (bicyclic) bond motifs is 3. The number of ketones is 3. The molecule has 15 nitrogen and oxygen atoms in total. The number of aliphatic hydroxyl groups excluding tert-OH is 1. The second-order valence-electron chi connectivity index (χ2n) is 15.2. The Morgan fingerprint density at radius 3 is 2.29 bits per heavy atom. The normalized spacial score (nSPS) is 36.1. The van der Waals surface area contributed by atoms with E-state index in [0.717, 1.165) is 0 Å². The van der Waals surface area contributed by atoms with Gasteiger partial charge >= 0.3 is 5.97 Å². The summed E-state index contributed by atoms with van der Waals surface area (Å²) < 4.78 is 41.9. The standard InChI is InChI=1S/C40H48O15/c1-6-40(48)16-27(32-21(34(40)39(47)49-5)14-22-33(37(32)46)36(45)31-20(35(22)44)8-7-9-24(31)42)54-28-13-11-26(18(3)51-28)53-30-15-25(43)38(19(4)52-30)55-29-12-10-23(41)17(2)50-29/h7-9,14,17-19,25-30,34,38,42-43,46,48H,6,10-13,15-16H2,1-5H3/t17?,18?,19?,25?,26?,27?,28?,29?,30?,34-,38?,40+/m0/s1. The molecule has 3 fully saturated rings. The fourth-order valence-corrected chi connectivity index (χ4v) is 8.69. The number of Topliss-reactive ketones (excluding diaryl/α,β-unsaturated/α-hetero) is 1. The molecule has 12 atom stereocenters. The van der Waals surface area contributed by atoms with Crippen LogP contribution in [0.25, 0.3) is 0 Å². The third-order valence-electron chi connectivity index (χ3n) is 11.7. The second-order valence-corrected chi connectivity index (χ2v) is 15.2. The highest BCUT2D eigenvalue weighted by atomic mass is 16.7. The minimum absolute atomic E-state index is 0.00995. The van der Waals surface area contributed by atoms with Crippen LogP contribution in [0.15, 0.2) is 24.3 Å². The lowest BCUT2D eigenvalue weighted by Gasteiger charge is -2.45. The molecular formula is C40H48O15. The molecule has 0 bridgehead atoms. The highest BCUT2D eigenvalue weighted by Gasteiger charge is 2.53. The van der Waals surface area contributed by atoms with E-state index >= 15 is 0 Å². The van der Waals surface area contributed by atoms with Gasteiger partial charge in [-0.05, 0) is 51.3 Å². The van der Waals surface area contributed by atoms with Crippen molar-refractivity contribution in [3.8, 4) is 11.5 Å². The van der Waals surface area contributed by atoms with E-state index in [2.05, 4.69) is 0 Å². The summed E-state index contributed by atoms with van der Waals surface area (Å²) in [7, 11) is 1.17. The van der Waals surface area contributed by atoms with Crippen LogP contribution in [-0.4, -0.2) is 112 Å². The quantitative estimate of drug-likeness (QED) is 0.241. The maximum atomic E-state index is 13.8. The van der Waals surface area contributed by atoms with E-state index in [1.807, 2.05) is 0 Å².